The molecule has 0 spiro atoms. The molecule has 8 nitrogen and oxygen atoms in total. The van der Waals surface area contributed by atoms with Gasteiger partial charge in [0.25, 0.3) is 0 Å². The summed E-state index contributed by atoms with van der Waals surface area (Å²) in [5, 5.41) is 2.78. The number of ether oxygens (including phenoxy) is 1. The number of nitrogens with zero attached hydrogens (tertiary/aromatic N) is 2. The highest BCUT2D eigenvalue weighted by Crippen LogP contribution is 2.20. The summed E-state index contributed by atoms with van der Waals surface area (Å²) >= 11 is 0. The molecule has 0 saturated carbocycles. The molecular formula is C18H27N3O5S. The molecule has 1 aliphatic heterocycles. The minimum atomic E-state index is -3.59. The van der Waals surface area contributed by atoms with E-state index in [0.717, 1.165) is 4.31 Å². The quantitative estimate of drug-likeness (QED) is 0.733. The monoisotopic (exact) mass is 397 g/mol. The van der Waals surface area contributed by atoms with Crippen molar-refractivity contribution in [3.63, 3.8) is 0 Å². The molecule has 1 heterocycles. The van der Waals surface area contributed by atoms with Crippen LogP contribution in [0.1, 0.15) is 25.3 Å². The van der Waals surface area contributed by atoms with Crippen LogP contribution < -0.4 is 5.32 Å². The maximum absolute atomic E-state index is 12.4. The summed E-state index contributed by atoms with van der Waals surface area (Å²) in [5.74, 6) is -0.375. The zero-order chi connectivity index (χ0) is 20.0. The lowest BCUT2D eigenvalue weighted by Crippen LogP contribution is -2.45. The number of rotatable bonds is 6. The average Bonchev–Trinajstić information content (AvgIpc) is 2.66. The molecule has 27 heavy (non-hydrogen) atoms. The van der Waals surface area contributed by atoms with Gasteiger partial charge in [0.05, 0.1) is 17.4 Å². The summed E-state index contributed by atoms with van der Waals surface area (Å²) in [6, 6.07) is 6.34. The maximum atomic E-state index is 12.4. The Kier molecular flexibility index (Phi) is 7.20. The number of carbonyl (C=O) groups excluding carboxylic acids is 2. The molecule has 1 N–H and O–H groups in total. The van der Waals surface area contributed by atoms with Crippen molar-refractivity contribution in [1.82, 2.24) is 14.5 Å². The number of likely N-dealkylation sites (tertiary alicyclic amines) is 1. The Labute approximate surface area is 160 Å². The van der Waals surface area contributed by atoms with E-state index in [1.807, 2.05) is 0 Å². The third-order valence-electron chi connectivity index (χ3n) is 4.56. The molecule has 0 atom stereocenters. The molecule has 150 valence electrons. The lowest BCUT2D eigenvalue weighted by molar-refractivity contribution is -0.149. The van der Waals surface area contributed by atoms with E-state index in [4.69, 9.17) is 4.74 Å². The maximum Gasteiger partial charge on any atom is 0.317 e. The number of benzene rings is 1. The standard InChI is InChI=1S/C18H27N3O5S/c1-4-26-17(22)14-9-11-21(12-10-14)18(23)19-13-15-7-5-6-8-16(15)27(24,25)20(2)3/h5-8,14H,4,9-13H2,1-3H3,(H,19,23). The number of urea groups is 1. The third kappa shape index (κ3) is 5.20. The van der Waals surface area contributed by atoms with Gasteiger partial charge in [0.1, 0.15) is 0 Å². The Hall–Kier alpha value is -2.13. The lowest BCUT2D eigenvalue weighted by atomic mass is 9.97. The number of hydrogen-bond donors (Lipinski definition) is 1. The molecule has 0 unspecified atom stereocenters. The summed E-state index contributed by atoms with van der Waals surface area (Å²) in [6.07, 6.45) is 1.13. The van der Waals surface area contributed by atoms with Gasteiger partial charge in [-0.05, 0) is 31.4 Å². The van der Waals surface area contributed by atoms with Gasteiger partial charge in [-0.3, -0.25) is 4.79 Å². The normalized spacial score (nSPS) is 15.6. The highest BCUT2D eigenvalue weighted by atomic mass is 32.2. The van der Waals surface area contributed by atoms with Gasteiger partial charge < -0.3 is 15.0 Å². The Morgan fingerprint density at radius 1 is 1.22 bits per heavy atom. The highest BCUT2D eigenvalue weighted by molar-refractivity contribution is 7.89. The van der Waals surface area contributed by atoms with Gasteiger partial charge in [0, 0.05) is 33.7 Å². The van der Waals surface area contributed by atoms with Crippen LogP contribution in [0.25, 0.3) is 0 Å². The van der Waals surface area contributed by atoms with E-state index in [1.54, 1.807) is 30.0 Å². The van der Waals surface area contributed by atoms with E-state index < -0.39 is 10.0 Å². The molecule has 1 saturated heterocycles. The number of nitrogens with one attached hydrogen (secondary N) is 1. The minimum Gasteiger partial charge on any atom is -0.466 e. The molecule has 0 bridgehead atoms. The summed E-state index contributed by atoms with van der Waals surface area (Å²) in [4.78, 5) is 26.0. The number of carbonyl (C=O) groups is 2. The van der Waals surface area contributed by atoms with Crippen molar-refractivity contribution in [3.8, 4) is 0 Å². The summed E-state index contributed by atoms with van der Waals surface area (Å²) < 4.78 is 31.0. The zero-order valence-corrected chi connectivity index (χ0v) is 16.8. The fourth-order valence-electron chi connectivity index (χ4n) is 2.96. The first kappa shape index (κ1) is 21.2. The van der Waals surface area contributed by atoms with E-state index in [9.17, 15) is 18.0 Å². The Bertz CT molecular complexity index is 771. The molecule has 2 amide bonds. The first-order chi connectivity index (χ1) is 12.8. The molecule has 1 fully saturated rings. The number of amides is 2. The first-order valence-electron chi connectivity index (χ1n) is 8.97. The topological polar surface area (TPSA) is 96.0 Å². The van der Waals surface area contributed by atoms with Crippen LogP contribution in [0.2, 0.25) is 0 Å². The van der Waals surface area contributed by atoms with Gasteiger partial charge in [-0.1, -0.05) is 18.2 Å². The summed E-state index contributed by atoms with van der Waals surface area (Å²) in [7, 11) is -0.644. The summed E-state index contributed by atoms with van der Waals surface area (Å²) in [5.41, 5.74) is 0.529. The van der Waals surface area contributed by atoms with Gasteiger partial charge in [-0.15, -0.1) is 0 Å². The van der Waals surface area contributed by atoms with Crippen LogP contribution in [0, 0.1) is 5.92 Å². The van der Waals surface area contributed by atoms with Crippen LogP contribution in [0.4, 0.5) is 4.79 Å². The molecule has 1 aromatic carbocycles. The van der Waals surface area contributed by atoms with Crippen LogP contribution in [-0.4, -0.2) is 63.4 Å². The van der Waals surface area contributed by atoms with Crippen LogP contribution in [0.5, 0.6) is 0 Å². The minimum absolute atomic E-state index is 0.111. The van der Waals surface area contributed by atoms with Crippen LogP contribution in [-0.2, 0) is 26.1 Å². The number of piperidine rings is 1. The number of esters is 1. The fraction of sp³-hybridized carbons (Fsp3) is 0.556. The highest BCUT2D eigenvalue weighted by Gasteiger charge is 2.28. The Morgan fingerprint density at radius 2 is 1.85 bits per heavy atom. The molecular weight excluding hydrogens is 370 g/mol. The second-order valence-electron chi connectivity index (χ2n) is 6.57. The van der Waals surface area contributed by atoms with Gasteiger partial charge in [0.15, 0.2) is 0 Å². The van der Waals surface area contributed by atoms with Gasteiger partial charge in [0.2, 0.25) is 10.0 Å². The van der Waals surface area contributed by atoms with Crippen molar-refractivity contribution in [1.29, 1.82) is 0 Å². The zero-order valence-electron chi connectivity index (χ0n) is 16.0. The largest absolute Gasteiger partial charge is 0.466 e. The molecule has 0 aromatic heterocycles. The predicted octanol–water partition coefficient (Wildman–Crippen LogP) is 1.42. The van der Waals surface area contributed by atoms with Crippen molar-refractivity contribution in [2.75, 3.05) is 33.8 Å². The first-order valence-corrected chi connectivity index (χ1v) is 10.4. The van der Waals surface area contributed by atoms with Crippen LogP contribution >= 0.6 is 0 Å². The third-order valence-corrected chi connectivity index (χ3v) is 6.48. The Morgan fingerprint density at radius 3 is 2.44 bits per heavy atom. The molecule has 1 aromatic rings. The van der Waals surface area contributed by atoms with Crippen molar-refractivity contribution in [3.05, 3.63) is 29.8 Å². The SMILES string of the molecule is CCOC(=O)C1CCN(C(=O)NCc2ccccc2S(=O)(=O)N(C)C)CC1. The summed E-state index contributed by atoms with van der Waals surface area (Å²) in [6.45, 7) is 3.17. The number of sulfonamides is 1. The van der Waals surface area contributed by atoms with Gasteiger partial charge in [-0.2, -0.15) is 0 Å². The van der Waals surface area contributed by atoms with Crippen molar-refractivity contribution in [2.45, 2.75) is 31.2 Å². The predicted molar refractivity (Wildman–Crippen MR) is 100 cm³/mol. The van der Waals surface area contributed by atoms with E-state index in [-0.39, 0.29) is 29.4 Å². The molecule has 9 heteroatoms. The van der Waals surface area contributed by atoms with E-state index in [1.165, 1.54) is 20.2 Å². The van der Waals surface area contributed by atoms with Crippen LogP contribution in [0.15, 0.2) is 29.2 Å². The molecule has 2 rings (SSSR count). The van der Waals surface area contributed by atoms with E-state index in [2.05, 4.69) is 5.32 Å². The molecule has 1 aliphatic rings. The fourth-order valence-corrected chi connectivity index (χ4v) is 4.07. The smallest absolute Gasteiger partial charge is 0.317 e. The Balaban J connectivity index is 1.95. The molecule has 0 radical (unpaired) electrons. The van der Waals surface area contributed by atoms with Crippen molar-refractivity contribution >= 4 is 22.0 Å². The van der Waals surface area contributed by atoms with Gasteiger partial charge in [-0.25, -0.2) is 17.5 Å². The van der Waals surface area contributed by atoms with Crippen molar-refractivity contribution in [2.24, 2.45) is 5.92 Å². The average molecular weight is 397 g/mol. The van der Waals surface area contributed by atoms with Crippen molar-refractivity contribution < 1.29 is 22.7 Å². The van der Waals surface area contributed by atoms with E-state index >= 15 is 0 Å². The van der Waals surface area contributed by atoms with Gasteiger partial charge >= 0.3 is 12.0 Å². The lowest BCUT2D eigenvalue weighted by Gasteiger charge is -2.31. The van der Waals surface area contributed by atoms with Crippen LogP contribution in [0.3, 0.4) is 0 Å². The molecule has 0 aliphatic carbocycles. The number of hydrogen-bond acceptors (Lipinski definition) is 5. The second kappa shape index (κ2) is 9.18. The van der Waals surface area contributed by atoms with E-state index in [0.29, 0.717) is 38.1 Å². The second-order valence-corrected chi connectivity index (χ2v) is 8.69.